The monoisotopic (exact) mass is 317 g/mol. The fourth-order valence-electron chi connectivity index (χ4n) is 2.23. The quantitative estimate of drug-likeness (QED) is 0.888. The number of piperazine rings is 1. The lowest BCUT2D eigenvalue weighted by atomic mass is 10.1. The number of rotatable bonds is 4. The fraction of sp³-hybridized carbons (Fsp3) is 0.500. The predicted molar refractivity (Wildman–Crippen MR) is 85.1 cm³/mol. The predicted octanol–water partition coefficient (Wildman–Crippen LogP) is 1.71. The van der Waals surface area contributed by atoms with E-state index in [9.17, 15) is 4.79 Å². The second-order valence-corrected chi connectivity index (χ2v) is 5.30. The number of nitrogens with one attached hydrogen (secondary N) is 2. The number of carbonyl (C=O) groups is 1. The van der Waals surface area contributed by atoms with Gasteiger partial charge < -0.3 is 10.6 Å². The zero-order valence-corrected chi connectivity index (χ0v) is 13.2. The van der Waals surface area contributed by atoms with Crippen molar-refractivity contribution in [3.63, 3.8) is 0 Å². The Morgan fingerprint density at radius 1 is 1.35 bits per heavy atom. The van der Waals surface area contributed by atoms with E-state index in [0.717, 1.165) is 38.3 Å². The smallest absolute Gasteiger partial charge is 0.251 e. The minimum absolute atomic E-state index is 0. The van der Waals surface area contributed by atoms with Crippen LogP contribution in [-0.2, 0) is 0 Å². The second kappa shape index (κ2) is 8.47. The number of halogens is 2. The third-order valence-electron chi connectivity index (χ3n) is 3.23. The Balaban J connectivity index is 0.00000200. The van der Waals surface area contributed by atoms with E-state index in [0.29, 0.717) is 17.1 Å². The molecule has 0 spiro atoms. The third kappa shape index (κ3) is 5.29. The van der Waals surface area contributed by atoms with Gasteiger partial charge in [-0.05, 0) is 30.7 Å². The van der Waals surface area contributed by atoms with Crippen molar-refractivity contribution in [3.05, 3.63) is 34.3 Å². The first-order valence-corrected chi connectivity index (χ1v) is 7.01. The van der Waals surface area contributed by atoms with Gasteiger partial charge in [0.05, 0.1) is 0 Å². The summed E-state index contributed by atoms with van der Waals surface area (Å²) in [6.45, 7) is 7.65. The highest BCUT2D eigenvalue weighted by molar-refractivity contribution is 6.31. The molecule has 0 aromatic heterocycles. The average Bonchev–Trinajstić information content (AvgIpc) is 2.38. The zero-order valence-electron chi connectivity index (χ0n) is 11.6. The minimum atomic E-state index is -0.0549. The number of carbonyl (C=O) groups excluding carboxylic acids is 1. The van der Waals surface area contributed by atoms with Gasteiger partial charge in [0.25, 0.3) is 5.91 Å². The molecule has 0 saturated carbocycles. The van der Waals surface area contributed by atoms with Crippen LogP contribution in [-0.4, -0.2) is 50.1 Å². The second-order valence-electron chi connectivity index (χ2n) is 4.86. The summed E-state index contributed by atoms with van der Waals surface area (Å²) in [7, 11) is 0. The van der Waals surface area contributed by atoms with Crippen LogP contribution in [0.5, 0.6) is 0 Å². The lowest BCUT2D eigenvalue weighted by molar-refractivity contribution is 0.0947. The SMILES string of the molecule is Cc1cc(Cl)cc(C(=O)NCCN2CCNCC2)c1.Cl. The van der Waals surface area contributed by atoms with Crippen LogP contribution < -0.4 is 10.6 Å². The van der Waals surface area contributed by atoms with E-state index in [1.807, 2.05) is 19.1 Å². The molecule has 0 bridgehead atoms. The molecule has 6 heteroatoms. The Morgan fingerprint density at radius 3 is 2.70 bits per heavy atom. The third-order valence-corrected chi connectivity index (χ3v) is 3.45. The lowest BCUT2D eigenvalue weighted by Crippen LogP contribution is -2.46. The Kier molecular flexibility index (Phi) is 7.30. The molecule has 2 N–H and O–H groups in total. The van der Waals surface area contributed by atoms with E-state index < -0.39 is 0 Å². The molecule has 1 aliphatic rings. The maximum atomic E-state index is 12.0. The van der Waals surface area contributed by atoms with E-state index in [-0.39, 0.29) is 18.3 Å². The molecule has 1 aliphatic heterocycles. The van der Waals surface area contributed by atoms with Crippen LogP contribution in [0.2, 0.25) is 5.02 Å². The van der Waals surface area contributed by atoms with Crippen molar-refractivity contribution in [1.29, 1.82) is 0 Å². The number of nitrogens with zero attached hydrogens (tertiary/aromatic N) is 1. The summed E-state index contributed by atoms with van der Waals surface area (Å²) in [4.78, 5) is 14.3. The number of benzene rings is 1. The Hall–Kier alpha value is -0.810. The van der Waals surface area contributed by atoms with E-state index >= 15 is 0 Å². The maximum Gasteiger partial charge on any atom is 0.251 e. The molecule has 4 nitrogen and oxygen atoms in total. The molecule has 2 rings (SSSR count). The summed E-state index contributed by atoms with van der Waals surface area (Å²) in [6, 6.07) is 5.40. The topological polar surface area (TPSA) is 44.4 Å². The van der Waals surface area contributed by atoms with Gasteiger partial charge in [-0.1, -0.05) is 11.6 Å². The van der Waals surface area contributed by atoms with Crippen molar-refractivity contribution in [2.45, 2.75) is 6.92 Å². The standard InChI is InChI=1S/C14H20ClN3O.ClH/c1-11-8-12(10-13(15)9-11)14(19)17-4-7-18-5-2-16-3-6-18;/h8-10,16H,2-7H2,1H3,(H,17,19);1H. The summed E-state index contributed by atoms with van der Waals surface area (Å²) in [5, 5.41) is 6.85. The highest BCUT2D eigenvalue weighted by Gasteiger charge is 2.10. The Labute approximate surface area is 131 Å². The van der Waals surface area contributed by atoms with Crippen molar-refractivity contribution in [3.8, 4) is 0 Å². The van der Waals surface area contributed by atoms with E-state index in [4.69, 9.17) is 11.6 Å². The van der Waals surface area contributed by atoms with E-state index in [1.165, 1.54) is 0 Å². The molecule has 0 aliphatic carbocycles. The van der Waals surface area contributed by atoms with Crippen molar-refractivity contribution < 1.29 is 4.79 Å². The van der Waals surface area contributed by atoms with Gasteiger partial charge in [0.15, 0.2) is 0 Å². The number of hydrogen-bond acceptors (Lipinski definition) is 3. The summed E-state index contributed by atoms with van der Waals surface area (Å²) < 4.78 is 0. The summed E-state index contributed by atoms with van der Waals surface area (Å²) in [6.07, 6.45) is 0. The maximum absolute atomic E-state index is 12.0. The van der Waals surface area contributed by atoms with Crippen LogP contribution in [0.4, 0.5) is 0 Å². The van der Waals surface area contributed by atoms with Crippen LogP contribution in [0.25, 0.3) is 0 Å². The van der Waals surface area contributed by atoms with Crippen LogP contribution in [0.3, 0.4) is 0 Å². The molecule has 20 heavy (non-hydrogen) atoms. The molecule has 1 fully saturated rings. The zero-order chi connectivity index (χ0) is 13.7. The average molecular weight is 318 g/mol. The van der Waals surface area contributed by atoms with Gasteiger partial charge in [-0.15, -0.1) is 12.4 Å². The molecule has 1 amide bonds. The highest BCUT2D eigenvalue weighted by Crippen LogP contribution is 2.14. The van der Waals surface area contributed by atoms with Crippen LogP contribution in [0.15, 0.2) is 18.2 Å². The van der Waals surface area contributed by atoms with Gasteiger partial charge >= 0.3 is 0 Å². The molecule has 1 aromatic carbocycles. The number of hydrogen-bond donors (Lipinski definition) is 2. The molecule has 0 radical (unpaired) electrons. The molecule has 1 heterocycles. The van der Waals surface area contributed by atoms with Crippen LogP contribution in [0, 0.1) is 6.92 Å². The molecular formula is C14H21Cl2N3O. The first-order valence-electron chi connectivity index (χ1n) is 6.63. The van der Waals surface area contributed by atoms with Gasteiger partial charge in [0.1, 0.15) is 0 Å². The van der Waals surface area contributed by atoms with Gasteiger partial charge in [-0.2, -0.15) is 0 Å². The van der Waals surface area contributed by atoms with Gasteiger partial charge in [-0.25, -0.2) is 0 Å². The van der Waals surface area contributed by atoms with Crippen molar-refractivity contribution in [1.82, 2.24) is 15.5 Å². The molecule has 0 unspecified atom stereocenters. The van der Waals surface area contributed by atoms with Crippen LogP contribution >= 0.6 is 24.0 Å². The molecule has 1 saturated heterocycles. The molecule has 0 atom stereocenters. The van der Waals surface area contributed by atoms with Gasteiger partial charge in [0, 0.05) is 49.9 Å². The lowest BCUT2D eigenvalue weighted by Gasteiger charge is -2.27. The Morgan fingerprint density at radius 2 is 2.05 bits per heavy atom. The number of aryl methyl sites for hydroxylation is 1. The van der Waals surface area contributed by atoms with Crippen molar-refractivity contribution in [2.24, 2.45) is 0 Å². The minimum Gasteiger partial charge on any atom is -0.351 e. The van der Waals surface area contributed by atoms with Gasteiger partial charge in [0.2, 0.25) is 0 Å². The fourth-order valence-corrected chi connectivity index (χ4v) is 2.52. The first-order chi connectivity index (χ1) is 9.15. The largest absolute Gasteiger partial charge is 0.351 e. The van der Waals surface area contributed by atoms with Crippen molar-refractivity contribution in [2.75, 3.05) is 39.3 Å². The Bertz CT molecular complexity index is 428. The van der Waals surface area contributed by atoms with Crippen molar-refractivity contribution >= 4 is 29.9 Å². The summed E-state index contributed by atoms with van der Waals surface area (Å²) >= 11 is 5.95. The molecule has 1 aromatic rings. The molecule has 112 valence electrons. The van der Waals surface area contributed by atoms with E-state index in [2.05, 4.69) is 15.5 Å². The normalized spacial score (nSPS) is 15.5. The summed E-state index contributed by atoms with van der Waals surface area (Å²) in [5.41, 5.74) is 1.63. The first kappa shape index (κ1) is 17.2. The summed E-state index contributed by atoms with van der Waals surface area (Å²) in [5.74, 6) is -0.0549. The van der Waals surface area contributed by atoms with E-state index in [1.54, 1.807) is 6.07 Å². The number of amides is 1. The highest BCUT2D eigenvalue weighted by atomic mass is 35.5. The van der Waals surface area contributed by atoms with Crippen LogP contribution in [0.1, 0.15) is 15.9 Å². The molecular weight excluding hydrogens is 297 g/mol. The van der Waals surface area contributed by atoms with Gasteiger partial charge in [-0.3, -0.25) is 9.69 Å².